The maximum absolute atomic E-state index is 13.3. The lowest BCUT2D eigenvalue weighted by Gasteiger charge is -2.33. The summed E-state index contributed by atoms with van der Waals surface area (Å²) in [5.41, 5.74) is 6.89. The summed E-state index contributed by atoms with van der Waals surface area (Å²) in [5.74, 6) is 1.45. The number of hydrogen-bond acceptors (Lipinski definition) is 3. The first-order chi connectivity index (χ1) is 19.9. The summed E-state index contributed by atoms with van der Waals surface area (Å²) in [5, 5.41) is 0.934. The predicted octanol–water partition coefficient (Wildman–Crippen LogP) is 10.5. The van der Waals surface area contributed by atoms with Crippen LogP contribution in [0.4, 0.5) is 30.2 Å². The molecule has 1 aliphatic rings. The maximum Gasteiger partial charge on any atom is 0.416 e. The molecule has 6 aromatic rings. The highest BCUT2D eigenvalue weighted by Crippen LogP contribution is 2.51. The van der Waals surface area contributed by atoms with Crippen molar-refractivity contribution in [1.29, 1.82) is 0 Å². The molecule has 0 N–H and O–H groups in total. The van der Waals surface area contributed by atoms with Gasteiger partial charge < -0.3 is 9.64 Å². The van der Waals surface area contributed by atoms with Gasteiger partial charge in [0.05, 0.1) is 33.8 Å². The Labute approximate surface area is 235 Å². The predicted molar refractivity (Wildman–Crippen MR) is 157 cm³/mol. The highest BCUT2D eigenvalue weighted by molar-refractivity contribution is 6.05. The second-order valence-electron chi connectivity index (χ2n) is 10.0. The molecule has 0 radical (unpaired) electrons. The molecular formula is C35H23F3N2O. The van der Waals surface area contributed by atoms with Crippen molar-refractivity contribution in [2.75, 3.05) is 4.90 Å². The van der Waals surface area contributed by atoms with Crippen LogP contribution in [0, 0.1) is 6.92 Å². The van der Waals surface area contributed by atoms with Crippen LogP contribution in [0.2, 0.25) is 0 Å². The van der Waals surface area contributed by atoms with Gasteiger partial charge in [-0.15, -0.1) is 0 Å². The number of nitrogens with zero attached hydrogens (tertiary/aromatic N) is 2. The molecule has 1 aliphatic heterocycles. The van der Waals surface area contributed by atoms with Crippen molar-refractivity contribution in [3.8, 4) is 33.9 Å². The first-order valence-corrected chi connectivity index (χ1v) is 13.2. The van der Waals surface area contributed by atoms with Crippen LogP contribution in [-0.4, -0.2) is 4.98 Å². The van der Waals surface area contributed by atoms with Crippen LogP contribution in [0.5, 0.6) is 11.5 Å². The van der Waals surface area contributed by atoms with E-state index in [1.165, 1.54) is 12.1 Å². The SMILES string of the molecule is Cc1ccc(-c2cc(-c3ccc(C(F)(F)F)cc3)nc3c(N4c5ccccc5Oc5ccccc54)cccc23)cc1. The Balaban J connectivity index is 1.51. The second kappa shape index (κ2) is 9.52. The van der Waals surface area contributed by atoms with Crippen LogP contribution < -0.4 is 9.64 Å². The van der Waals surface area contributed by atoms with Gasteiger partial charge in [-0.3, -0.25) is 0 Å². The number of rotatable bonds is 3. The summed E-state index contributed by atoms with van der Waals surface area (Å²) in [4.78, 5) is 7.24. The largest absolute Gasteiger partial charge is 0.453 e. The van der Waals surface area contributed by atoms with Crippen LogP contribution in [0.3, 0.4) is 0 Å². The van der Waals surface area contributed by atoms with E-state index in [1.54, 1.807) is 0 Å². The number of aromatic nitrogens is 1. The molecule has 6 heteroatoms. The molecule has 1 aromatic heterocycles. The van der Waals surface area contributed by atoms with E-state index in [2.05, 4.69) is 29.2 Å². The molecule has 7 rings (SSSR count). The summed E-state index contributed by atoms with van der Waals surface area (Å²) >= 11 is 0. The molecule has 0 fully saturated rings. The fourth-order valence-corrected chi connectivity index (χ4v) is 5.33. The van der Waals surface area contributed by atoms with Gasteiger partial charge >= 0.3 is 6.18 Å². The number of fused-ring (bicyclic) bond motifs is 3. The lowest BCUT2D eigenvalue weighted by Crippen LogP contribution is -2.16. The number of alkyl halides is 3. The number of pyridine rings is 1. The van der Waals surface area contributed by atoms with Crippen molar-refractivity contribution < 1.29 is 17.9 Å². The first-order valence-electron chi connectivity index (χ1n) is 13.2. The molecule has 0 aliphatic carbocycles. The van der Waals surface area contributed by atoms with Crippen molar-refractivity contribution in [3.05, 3.63) is 132 Å². The maximum atomic E-state index is 13.3. The Morgan fingerprint density at radius 1 is 0.634 bits per heavy atom. The van der Waals surface area contributed by atoms with Gasteiger partial charge in [-0.1, -0.05) is 78.4 Å². The van der Waals surface area contributed by atoms with Crippen molar-refractivity contribution >= 4 is 28.0 Å². The number of para-hydroxylation sites is 5. The number of halogens is 3. The summed E-state index contributed by atoms with van der Waals surface area (Å²) in [6.45, 7) is 2.04. The Morgan fingerprint density at radius 3 is 1.85 bits per heavy atom. The summed E-state index contributed by atoms with van der Waals surface area (Å²) in [6, 6.07) is 37.1. The van der Waals surface area contributed by atoms with Crippen LogP contribution in [0.15, 0.2) is 121 Å². The Bertz CT molecular complexity index is 1870. The molecule has 0 spiro atoms. The molecule has 2 heterocycles. The quantitative estimate of drug-likeness (QED) is 0.221. The fourth-order valence-electron chi connectivity index (χ4n) is 5.33. The molecule has 200 valence electrons. The molecule has 0 saturated heterocycles. The topological polar surface area (TPSA) is 25.4 Å². The third-order valence-corrected chi connectivity index (χ3v) is 7.36. The minimum atomic E-state index is -4.41. The zero-order valence-electron chi connectivity index (χ0n) is 22.0. The average molecular weight is 545 g/mol. The van der Waals surface area contributed by atoms with E-state index in [0.717, 1.165) is 68.3 Å². The van der Waals surface area contributed by atoms with Crippen LogP contribution in [0.1, 0.15) is 11.1 Å². The molecule has 0 bridgehead atoms. The third kappa shape index (κ3) is 4.38. The Kier molecular flexibility index (Phi) is 5.78. The van der Waals surface area contributed by atoms with Gasteiger partial charge in [-0.05, 0) is 66.6 Å². The van der Waals surface area contributed by atoms with Crippen LogP contribution in [-0.2, 0) is 6.18 Å². The molecule has 5 aromatic carbocycles. The van der Waals surface area contributed by atoms with E-state index < -0.39 is 11.7 Å². The lowest BCUT2D eigenvalue weighted by atomic mass is 9.96. The second-order valence-corrected chi connectivity index (χ2v) is 10.0. The van der Waals surface area contributed by atoms with Gasteiger partial charge in [-0.2, -0.15) is 13.2 Å². The normalized spacial score (nSPS) is 12.5. The Morgan fingerprint density at radius 2 is 1.22 bits per heavy atom. The van der Waals surface area contributed by atoms with Gasteiger partial charge in [-0.25, -0.2) is 4.98 Å². The van der Waals surface area contributed by atoms with Gasteiger partial charge in [0.25, 0.3) is 0 Å². The number of ether oxygens (including phenoxy) is 1. The minimum absolute atomic E-state index is 0.587. The van der Waals surface area contributed by atoms with Crippen LogP contribution in [0.25, 0.3) is 33.3 Å². The first kappa shape index (κ1) is 24.9. The van der Waals surface area contributed by atoms with E-state index in [0.29, 0.717) is 11.3 Å². The van der Waals surface area contributed by atoms with Crippen molar-refractivity contribution in [2.24, 2.45) is 0 Å². The van der Waals surface area contributed by atoms with E-state index >= 15 is 0 Å². The molecular weight excluding hydrogens is 521 g/mol. The molecule has 41 heavy (non-hydrogen) atoms. The lowest BCUT2D eigenvalue weighted by molar-refractivity contribution is -0.137. The fraction of sp³-hybridized carbons (Fsp3) is 0.0571. The zero-order valence-corrected chi connectivity index (χ0v) is 22.0. The van der Waals surface area contributed by atoms with Gasteiger partial charge in [0.2, 0.25) is 0 Å². The van der Waals surface area contributed by atoms with E-state index in [4.69, 9.17) is 9.72 Å². The third-order valence-electron chi connectivity index (χ3n) is 7.36. The number of aryl methyl sites for hydroxylation is 1. The van der Waals surface area contributed by atoms with Gasteiger partial charge in [0, 0.05) is 10.9 Å². The van der Waals surface area contributed by atoms with E-state index in [9.17, 15) is 13.2 Å². The number of anilines is 3. The molecule has 3 nitrogen and oxygen atoms in total. The summed E-state index contributed by atoms with van der Waals surface area (Å²) in [6.07, 6.45) is -4.41. The standard InChI is InChI=1S/C35H23F3N2O/c1-22-13-15-23(16-14-22)27-21-28(24-17-19-25(20-18-24)35(36,37)38)39-34-26(27)7-6-10-31(34)40-29-8-2-4-11-32(29)41-33-12-5-3-9-30(33)40/h2-21H,1H3. The zero-order chi connectivity index (χ0) is 28.1. The number of hydrogen-bond donors (Lipinski definition) is 0. The van der Waals surface area contributed by atoms with E-state index in [-0.39, 0.29) is 0 Å². The Hall–Kier alpha value is -5.10. The van der Waals surface area contributed by atoms with Crippen LogP contribution >= 0.6 is 0 Å². The van der Waals surface area contributed by atoms with Crippen molar-refractivity contribution in [2.45, 2.75) is 13.1 Å². The summed E-state index contributed by atoms with van der Waals surface area (Å²) in [7, 11) is 0. The number of benzene rings is 5. The molecule has 0 amide bonds. The minimum Gasteiger partial charge on any atom is -0.453 e. The highest BCUT2D eigenvalue weighted by atomic mass is 19.4. The monoisotopic (exact) mass is 544 g/mol. The summed E-state index contributed by atoms with van der Waals surface area (Å²) < 4.78 is 46.2. The van der Waals surface area contributed by atoms with Gasteiger partial charge in [0.15, 0.2) is 11.5 Å². The van der Waals surface area contributed by atoms with E-state index in [1.807, 2.05) is 79.7 Å². The van der Waals surface area contributed by atoms with Crippen molar-refractivity contribution in [1.82, 2.24) is 4.98 Å². The smallest absolute Gasteiger partial charge is 0.416 e. The molecule has 0 atom stereocenters. The van der Waals surface area contributed by atoms with Crippen molar-refractivity contribution in [3.63, 3.8) is 0 Å². The molecule has 0 unspecified atom stereocenters. The average Bonchev–Trinajstić information content (AvgIpc) is 2.99. The van der Waals surface area contributed by atoms with Gasteiger partial charge in [0.1, 0.15) is 0 Å². The molecule has 0 saturated carbocycles. The highest BCUT2D eigenvalue weighted by Gasteiger charge is 2.30.